The number of guanidine groups is 1. The molecule has 0 radical (unpaired) electrons. The van der Waals surface area contributed by atoms with E-state index in [9.17, 15) is 13.2 Å². The Bertz CT molecular complexity index is 726. The van der Waals surface area contributed by atoms with Gasteiger partial charge in [-0.3, -0.25) is 4.99 Å². The van der Waals surface area contributed by atoms with Gasteiger partial charge in [0.15, 0.2) is 12.6 Å². The van der Waals surface area contributed by atoms with Crippen LogP contribution in [0.1, 0.15) is 11.1 Å². The molecule has 1 aromatic heterocycles. The Morgan fingerprint density at radius 1 is 1.19 bits per heavy atom. The van der Waals surface area contributed by atoms with Crippen molar-refractivity contribution in [1.29, 1.82) is 0 Å². The smallest absolute Gasteiger partial charge is 0.422 e. The third-order valence-electron chi connectivity index (χ3n) is 3.50. The van der Waals surface area contributed by atoms with Gasteiger partial charge in [-0.25, -0.2) is 4.98 Å². The van der Waals surface area contributed by atoms with Crippen molar-refractivity contribution in [2.45, 2.75) is 19.3 Å². The zero-order valence-corrected chi connectivity index (χ0v) is 17.4. The average molecular weight is 494 g/mol. The molecule has 27 heavy (non-hydrogen) atoms. The molecule has 0 unspecified atom stereocenters. The maximum Gasteiger partial charge on any atom is 0.422 e. The minimum Gasteiger partial charge on any atom is -0.468 e. The number of ether oxygens (including phenoxy) is 1. The van der Waals surface area contributed by atoms with Crippen LogP contribution in [0.4, 0.5) is 13.2 Å². The van der Waals surface area contributed by atoms with Gasteiger partial charge in [0.05, 0.1) is 0 Å². The Hall–Kier alpha value is -2.04. The molecule has 0 spiro atoms. The van der Waals surface area contributed by atoms with E-state index in [-0.39, 0.29) is 36.4 Å². The van der Waals surface area contributed by atoms with Gasteiger partial charge in [0.2, 0.25) is 5.88 Å². The fraction of sp³-hybridized carbons (Fsp3) is 0.333. The summed E-state index contributed by atoms with van der Waals surface area (Å²) in [5.41, 5.74) is 1.64. The van der Waals surface area contributed by atoms with Gasteiger partial charge in [-0.05, 0) is 11.6 Å². The summed E-state index contributed by atoms with van der Waals surface area (Å²) in [6.45, 7) is -0.489. The lowest BCUT2D eigenvalue weighted by Gasteiger charge is -2.22. The van der Waals surface area contributed by atoms with E-state index in [1.807, 2.05) is 42.3 Å². The lowest BCUT2D eigenvalue weighted by Crippen LogP contribution is -2.38. The summed E-state index contributed by atoms with van der Waals surface area (Å²) in [5, 5.41) is 3.12. The molecule has 2 rings (SSSR count). The van der Waals surface area contributed by atoms with Crippen LogP contribution in [-0.2, 0) is 13.1 Å². The molecule has 0 bridgehead atoms. The molecule has 9 heteroatoms. The molecule has 0 saturated carbocycles. The highest BCUT2D eigenvalue weighted by Crippen LogP contribution is 2.19. The first-order chi connectivity index (χ1) is 12.4. The predicted octanol–water partition coefficient (Wildman–Crippen LogP) is 3.85. The Labute approximate surface area is 173 Å². The number of alkyl halides is 3. The van der Waals surface area contributed by atoms with Gasteiger partial charge in [-0.1, -0.05) is 36.4 Å². The van der Waals surface area contributed by atoms with Gasteiger partial charge in [-0.15, -0.1) is 24.0 Å². The van der Waals surface area contributed by atoms with Crippen molar-refractivity contribution >= 4 is 29.9 Å². The van der Waals surface area contributed by atoms with Crippen LogP contribution in [0.25, 0.3) is 0 Å². The zero-order chi connectivity index (χ0) is 19.0. The van der Waals surface area contributed by atoms with Crippen LogP contribution in [0.15, 0.2) is 53.7 Å². The van der Waals surface area contributed by atoms with E-state index in [0.717, 1.165) is 5.56 Å². The third kappa shape index (κ3) is 8.02. The van der Waals surface area contributed by atoms with Crippen LogP contribution in [0, 0.1) is 0 Å². The SMILES string of the molecule is CN=C(NCc1cccnc1OCC(F)(F)F)N(C)Cc1ccccc1.I. The van der Waals surface area contributed by atoms with Gasteiger partial charge in [-0.2, -0.15) is 13.2 Å². The van der Waals surface area contributed by atoms with Crippen LogP contribution in [0.5, 0.6) is 5.88 Å². The molecule has 5 nitrogen and oxygen atoms in total. The maximum atomic E-state index is 12.4. The molecule has 0 atom stereocenters. The first-order valence-electron chi connectivity index (χ1n) is 7.98. The van der Waals surface area contributed by atoms with E-state index in [4.69, 9.17) is 4.74 Å². The molecule has 148 valence electrons. The van der Waals surface area contributed by atoms with Gasteiger partial charge in [0, 0.05) is 38.9 Å². The number of nitrogens with one attached hydrogen (secondary N) is 1. The minimum atomic E-state index is -4.41. The standard InChI is InChI=1S/C18H21F3N4O.HI/c1-22-17(25(2)12-14-7-4-3-5-8-14)24-11-15-9-6-10-23-16(15)26-13-18(19,20)21;/h3-10H,11-13H2,1-2H3,(H,22,24);1H. The highest BCUT2D eigenvalue weighted by atomic mass is 127. The number of aromatic nitrogens is 1. The molecule has 0 aliphatic heterocycles. The molecule has 2 aromatic rings. The van der Waals surface area contributed by atoms with Gasteiger partial charge in [0.1, 0.15) is 0 Å². The molecule has 1 N–H and O–H groups in total. The van der Waals surface area contributed by atoms with Crippen LogP contribution >= 0.6 is 24.0 Å². The van der Waals surface area contributed by atoms with Crippen molar-refractivity contribution in [3.8, 4) is 5.88 Å². The van der Waals surface area contributed by atoms with Crippen molar-refractivity contribution in [2.24, 2.45) is 4.99 Å². The molecular formula is C18H22F3IN4O. The Morgan fingerprint density at radius 3 is 2.52 bits per heavy atom. The van der Waals surface area contributed by atoms with Gasteiger partial charge in [0.25, 0.3) is 0 Å². The van der Waals surface area contributed by atoms with E-state index in [1.165, 1.54) is 6.20 Å². The maximum absolute atomic E-state index is 12.4. The van der Waals surface area contributed by atoms with Crippen molar-refractivity contribution in [3.05, 3.63) is 59.8 Å². The molecular weight excluding hydrogens is 472 g/mol. The summed E-state index contributed by atoms with van der Waals surface area (Å²) in [5.74, 6) is 0.568. The van der Waals surface area contributed by atoms with E-state index in [2.05, 4.69) is 15.3 Å². The molecule has 1 heterocycles. The van der Waals surface area contributed by atoms with Crippen LogP contribution in [-0.4, -0.2) is 42.7 Å². The van der Waals surface area contributed by atoms with Crippen molar-refractivity contribution in [1.82, 2.24) is 15.2 Å². The fourth-order valence-electron chi connectivity index (χ4n) is 2.33. The predicted molar refractivity (Wildman–Crippen MR) is 109 cm³/mol. The number of hydrogen-bond acceptors (Lipinski definition) is 3. The minimum absolute atomic E-state index is 0. The number of pyridine rings is 1. The molecule has 0 aliphatic rings. The van der Waals surface area contributed by atoms with E-state index < -0.39 is 12.8 Å². The van der Waals surface area contributed by atoms with Crippen LogP contribution < -0.4 is 10.1 Å². The number of rotatable bonds is 6. The monoisotopic (exact) mass is 494 g/mol. The Kier molecular flexibility index (Phi) is 9.33. The number of hydrogen-bond donors (Lipinski definition) is 1. The van der Waals surface area contributed by atoms with E-state index >= 15 is 0 Å². The number of benzene rings is 1. The topological polar surface area (TPSA) is 49.8 Å². The molecule has 0 saturated heterocycles. The summed E-state index contributed by atoms with van der Waals surface area (Å²) in [7, 11) is 3.53. The lowest BCUT2D eigenvalue weighted by atomic mass is 10.2. The molecule has 0 amide bonds. The van der Waals surface area contributed by atoms with Gasteiger partial charge < -0.3 is 15.0 Å². The summed E-state index contributed by atoms with van der Waals surface area (Å²) in [6.07, 6.45) is -3.01. The summed E-state index contributed by atoms with van der Waals surface area (Å²) in [6, 6.07) is 13.2. The van der Waals surface area contributed by atoms with Crippen LogP contribution in [0.3, 0.4) is 0 Å². The first-order valence-corrected chi connectivity index (χ1v) is 7.98. The van der Waals surface area contributed by atoms with Crippen molar-refractivity contribution in [3.63, 3.8) is 0 Å². The zero-order valence-electron chi connectivity index (χ0n) is 15.0. The quantitative estimate of drug-likeness (QED) is 0.377. The van der Waals surface area contributed by atoms with Gasteiger partial charge >= 0.3 is 6.18 Å². The van der Waals surface area contributed by atoms with E-state index in [0.29, 0.717) is 18.1 Å². The molecule has 1 aromatic carbocycles. The fourth-order valence-corrected chi connectivity index (χ4v) is 2.33. The average Bonchev–Trinajstić information content (AvgIpc) is 2.61. The number of halogens is 4. The second-order valence-corrected chi connectivity index (χ2v) is 5.61. The highest BCUT2D eigenvalue weighted by molar-refractivity contribution is 14.0. The Balaban J connectivity index is 0.00000364. The van der Waals surface area contributed by atoms with Crippen molar-refractivity contribution in [2.75, 3.05) is 20.7 Å². The Morgan fingerprint density at radius 2 is 1.89 bits per heavy atom. The number of nitrogens with zero attached hydrogens (tertiary/aromatic N) is 3. The number of aliphatic imine (C=N–C) groups is 1. The summed E-state index contributed by atoms with van der Waals surface area (Å²) < 4.78 is 41.9. The highest BCUT2D eigenvalue weighted by Gasteiger charge is 2.29. The molecule has 0 fully saturated rings. The molecule has 0 aliphatic carbocycles. The summed E-state index contributed by atoms with van der Waals surface area (Å²) >= 11 is 0. The first kappa shape index (κ1) is 23.0. The van der Waals surface area contributed by atoms with E-state index in [1.54, 1.807) is 19.2 Å². The second kappa shape index (κ2) is 11.0. The third-order valence-corrected chi connectivity index (χ3v) is 3.50. The lowest BCUT2D eigenvalue weighted by molar-refractivity contribution is -0.154. The summed E-state index contributed by atoms with van der Waals surface area (Å²) in [4.78, 5) is 10.0. The largest absolute Gasteiger partial charge is 0.468 e. The normalized spacial score (nSPS) is 11.5. The van der Waals surface area contributed by atoms with Crippen molar-refractivity contribution < 1.29 is 17.9 Å². The second-order valence-electron chi connectivity index (χ2n) is 5.61. The van der Waals surface area contributed by atoms with Crippen LogP contribution in [0.2, 0.25) is 0 Å².